The van der Waals surface area contributed by atoms with E-state index in [0.29, 0.717) is 12.1 Å². The number of nitrogens with zero attached hydrogens (tertiary/aromatic N) is 2. The van der Waals surface area contributed by atoms with Gasteiger partial charge in [-0.1, -0.05) is 27.2 Å². The first-order chi connectivity index (χ1) is 9.31. The summed E-state index contributed by atoms with van der Waals surface area (Å²) in [5.74, 6) is 0. The zero-order valence-corrected chi connectivity index (χ0v) is 12.8. The summed E-state index contributed by atoms with van der Waals surface area (Å²) in [6.45, 7) is 7.88. The molecule has 3 heteroatoms. The first-order valence-electron chi connectivity index (χ1n) is 8.11. The Morgan fingerprint density at radius 2 is 2.11 bits per heavy atom. The molecule has 0 aliphatic heterocycles. The number of rotatable bonds is 6. The van der Waals surface area contributed by atoms with Gasteiger partial charge in [0.15, 0.2) is 0 Å². The molecule has 1 aromatic rings. The SMILES string of the molecule is CCCNC1CCCCc2c1cnn2C(CC)CC. The lowest BCUT2D eigenvalue weighted by Gasteiger charge is -2.19. The first-order valence-corrected chi connectivity index (χ1v) is 8.11. The standard InChI is InChI=1S/C16H29N3/c1-4-11-17-15-9-7-8-10-16-14(15)12-18-19(16)13(5-2)6-3/h12-13,15,17H,4-11H2,1-3H3. The minimum atomic E-state index is 0.528. The monoisotopic (exact) mass is 263 g/mol. The van der Waals surface area contributed by atoms with E-state index in [0.717, 1.165) is 6.54 Å². The van der Waals surface area contributed by atoms with E-state index in [-0.39, 0.29) is 0 Å². The van der Waals surface area contributed by atoms with Gasteiger partial charge in [-0.15, -0.1) is 0 Å². The van der Waals surface area contributed by atoms with Crippen LogP contribution < -0.4 is 5.32 Å². The predicted molar refractivity (Wildman–Crippen MR) is 80.4 cm³/mol. The molecule has 1 N–H and O–H groups in total. The van der Waals surface area contributed by atoms with Crippen LogP contribution in [-0.4, -0.2) is 16.3 Å². The van der Waals surface area contributed by atoms with Crippen molar-refractivity contribution in [3.63, 3.8) is 0 Å². The molecule has 0 aromatic carbocycles. The maximum atomic E-state index is 4.72. The van der Waals surface area contributed by atoms with E-state index >= 15 is 0 Å². The Hall–Kier alpha value is -0.830. The molecule has 1 aromatic heterocycles. The Labute approximate surface area is 117 Å². The lowest BCUT2D eigenvalue weighted by atomic mass is 10.0. The Bertz CT molecular complexity index is 379. The fraction of sp³-hybridized carbons (Fsp3) is 0.812. The van der Waals surface area contributed by atoms with Gasteiger partial charge in [-0.25, -0.2) is 0 Å². The van der Waals surface area contributed by atoms with Gasteiger partial charge in [0.1, 0.15) is 0 Å². The summed E-state index contributed by atoms with van der Waals surface area (Å²) in [6, 6.07) is 1.11. The summed E-state index contributed by atoms with van der Waals surface area (Å²) in [6.07, 6.45) is 10.8. The molecule has 0 amide bonds. The first kappa shape index (κ1) is 14.6. The van der Waals surface area contributed by atoms with Crippen molar-refractivity contribution in [2.45, 2.75) is 77.8 Å². The zero-order valence-electron chi connectivity index (χ0n) is 12.8. The average molecular weight is 263 g/mol. The third-order valence-corrected chi connectivity index (χ3v) is 4.39. The van der Waals surface area contributed by atoms with Crippen molar-refractivity contribution < 1.29 is 0 Å². The lowest BCUT2D eigenvalue weighted by molar-refractivity contribution is 0.412. The smallest absolute Gasteiger partial charge is 0.0540 e. The van der Waals surface area contributed by atoms with E-state index in [1.807, 2.05) is 0 Å². The van der Waals surface area contributed by atoms with E-state index in [1.54, 1.807) is 0 Å². The quantitative estimate of drug-likeness (QED) is 0.786. The average Bonchev–Trinajstić information content (AvgIpc) is 2.73. The number of fused-ring (bicyclic) bond motifs is 1. The molecule has 3 nitrogen and oxygen atoms in total. The van der Waals surface area contributed by atoms with Crippen LogP contribution in [-0.2, 0) is 6.42 Å². The highest BCUT2D eigenvalue weighted by atomic mass is 15.3. The van der Waals surface area contributed by atoms with Gasteiger partial charge in [-0.3, -0.25) is 4.68 Å². The molecule has 0 saturated carbocycles. The zero-order chi connectivity index (χ0) is 13.7. The summed E-state index contributed by atoms with van der Waals surface area (Å²) in [5, 5.41) is 8.42. The second-order valence-electron chi connectivity index (χ2n) is 5.71. The largest absolute Gasteiger partial charge is 0.310 e. The van der Waals surface area contributed by atoms with Crippen LogP contribution in [0.1, 0.15) is 82.6 Å². The van der Waals surface area contributed by atoms with E-state index in [9.17, 15) is 0 Å². The number of aromatic nitrogens is 2. The van der Waals surface area contributed by atoms with Crippen LogP contribution in [0.3, 0.4) is 0 Å². The lowest BCUT2D eigenvalue weighted by Crippen LogP contribution is -2.22. The molecule has 0 saturated heterocycles. The van der Waals surface area contributed by atoms with Gasteiger partial charge in [-0.2, -0.15) is 5.10 Å². The van der Waals surface area contributed by atoms with E-state index in [1.165, 1.54) is 56.2 Å². The summed E-state index contributed by atoms with van der Waals surface area (Å²) < 4.78 is 2.32. The Balaban J connectivity index is 2.25. The fourth-order valence-corrected chi connectivity index (χ4v) is 3.23. The van der Waals surface area contributed by atoms with Crippen molar-refractivity contribution in [2.24, 2.45) is 0 Å². The molecule has 0 spiro atoms. The maximum absolute atomic E-state index is 4.72. The van der Waals surface area contributed by atoms with Crippen molar-refractivity contribution in [3.8, 4) is 0 Å². The summed E-state index contributed by atoms with van der Waals surface area (Å²) >= 11 is 0. The minimum absolute atomic E-state index is 0.528. The van der Waals surface area contributed by atoms with Crippen molar-refractivity contribution in [1.82, 2.24) is 15.1 Å². The van der Waals surface area contributed by atoms with E-state index in [2.05, 4.69) is 37.0 Å². The van der Waals surface area contributed by atoms with Gasteiger partial charge < -0.3 is 5.32 Å². The molecule has 0 fully saturated rings. The van der Waals surface area contributed by atoms with Crippen LogP contribution >= 0.6 is 0 Å². The van der Waals surface area contributed by atoms with Crippen molar-refractivity contribution in [3.05, 3.63) is 17.5 Å². The Kier molecular flexibility index (Phi) is 5.44. The Morgan fingerprint density at radius 3 is 2.79 bits per heavy atom. The second kappa shape index (κ2) is 7.09. The van der Waals surface area contributed by atoms with Gasteiger partial charge in [-0.05, 0) is 45.1 Å². The highest BCUT2D eigenvalue weighted by molar-refractivity contribution is 5.24. The molecule has 1 heterocycles. The van der Waals surface area contributed by atoms with Crippen molar-refractivity contribution >= 4 is 0 Å². The molecule has 108 valence electrons. The van der Waals surface area contributed by atoms with Crippen LogP contribution in [0.4, 0.5) is 0 Å². The van der Waals surface area contributed by atoms with Crippen molar-refractivity contribution in [1.29, 1.82) is 0 Å². The molecule has 0 bridgehead atoms. The van der Waals surface area contributed by atoms with Gasteiger partial charge in [0.2, 0.25) is 0 Å². The van der Waals surface area contributed by atoms with Gasteiger partial charge in [0.25, 0.3) is 0 Å². The third kappa shape index (κ3) is 3.19. The number of hydrogen-bond acceptors (Lipinski definition) is 2. The molecule has 1 atom stereocenters. The fourth-order valence-electron chi connectivity index (χ4n) is 3.23. The Morgan fingerprint density at radius 1 is 1.32 bits per heavy atom. The molecule has 2 rings (SSSR count). The summed E-state index contributed by atoms with van der Waals surface area (Å²) in [7, 11) is 0. The molecular weight excluding hydrogens is 234 g/mol. The van der Waals surface area contributed by atoms with E-state index in [4.69, 9.17) is 5.10 Å². The maximum Gasteiger partial charge on any atom is 0.0540 e. The molecule has 1 aliphatic carbocycles. The summed E-state index contributed by atoms with van der Waals surface area (Å²) in [4.78, 5) is 0. The predicted octanol–water partition coefficient (Wildman–Crippen LogP) is 4.01. The summed E-state index contributed by atoms with van der Waals surface area (Å²) in [5.41, 5.74) is 2.97. The van der Waals surface area contributed by atoms with Crippen molar-refractivity contribution in [2.75, 3.05) is 6.54 Å². The molecule has 1 unspecified atom stereocenters. The number of hydrogen-bond donors (Lipinski definition) is 1. The molecule has 19 heavy (non-hydrogen) atoms. The second-order valence-corrected chi connectivity index (χ2v) is 5.71. The van der Waals surface area contributed by atoms with E-state index < -0.39 is 0 Å². The van der Waals surface area contributed by atoms with Crippen LogP contribution in [0.15, 0.2) is 6.20 Å². The van der Waals surface area contributed by atoms with Gasteiger partial charge in [0, 0.05) is 17.3 Å². The van der Waals surface area contributed by atoms with Gasteiger partial charge >= 0.3 is 0 Å². The van der Waals surface area contributed by atoms with Crippen LogP contribution in [0.2, 0.25) is 0 Å². The molecular formula is C16H29N3. The molecule has 1 aliphatic rings. The van der Waals surface area contributed by atoms with Crippen LogP contribution in [0.25, 0.3) is 0 Å². The minimum Gasteiger partial charge on any atom is -0.310 e. The van der Waals surface area contributed by atoms with Crippen LogP contribution in [0, 0.1) is 0 Å². The highest BCUT2D eigenvalue weighted by Gasteiger charge is 2.23. The highest BCUT2D eigenvalue weighted by Crippen LogP contribution is 2.31. The normalized spacial score (nSPS) is 19.5. The number of nitrogens with one attached hydrogen (secondary N) is 1. The third-order valence-electron chi connectivity index (χ3n) is 4.39. The molecule has 0 radical (unpaired) electrons. The van der Waals surface area contributed by atoms with Crippen LogP contribution in [0.5, 0.6) is 0 Å². The topological polar surface area (TPSA) is 29.9 Å². The van der Waals surface area contributed by atoms with Gasteiger partial charge in [0.05, 0.1) is 12.2 Å².